The van der Waals surface area contributed by atoms with Gasteiger partial charge in [-0.2, -0.15) is 0 Å². The molecule has 0 fully saturated rings. The van der Waals surface area contributed by atoms with E-state index in [1.165, 1.54) is 7.11 Å². The quantitative estimate of drug-likeness (QED) is 0.680. The fourth-order valence-corrected chi connectivity index (χ4v) is 0.886. The van der Waals surface area contributed by atoms with Crippen LogP contribution in [0.5, 0.6) is 0 Å². The van der Waals surface area contributed by atoms with Crippen molar-refractivity contribution >= 4 is 11.7 Å². The zero-order valence-electron chi connectivity index (χ0n) is 7.63. The lowest BCUT2D eigenvalue weighted by Crippen LogP contribution is -2.27. The molecular formula is C9H12N2O2. The Balaban J connectivity index is 2.54. The molecule has 0 saturated heterocycles. The number of urea groups is 1. The van der Waals surface area contributed by atoms with E-state index in [1.54, 1.807) is 0 Å². The Morgan fingerprint density at radius 1 is 1.31 bits per heavy atom. The van der Waals surface area contributed by atoms with Gasteiger partial charge in [0.1, 0.15) is 0 Å². The molecule has 0 unspecified atom stereocenters. The van der Waals surface area contributed by atoms with Crippen molar-refractivity contribution in [3.8, 4) is 0 Å². The van der Waals surface area contributed by atoms with Crippen molar-refractivity contribution in [1.29, 1.82) is 0 Å². The average Bonchev–Trinajstić information content (AvgIpc) is 2.09. The van der Waals surface area contributed by atoms with Gasteiger partial charge in [-0.1, -0.05) is 17.7 Å². The summed E-state index contributed by atoms with van der Waals surface area (Å²) in [7, 11) is 1.38. The van der Waals surface area contributed by atoms with Gasteiger partial charge in [-0.3, -0.25) is 4.84 Å². The summed E-state index contributed by atoms with van der Waals surface area (Å²) in [5.41, 5.74) is 4.05. The molecule has 0 aliphatic heterocycles. The Morgan fingerprint density at radius 2 is 1.92 bits per heavy atom. The van der Waals surface area contributed by atoms with Crippen LogP contribution >= 0.6 is 0 Å². The van der Waals surface area contributed by atoms with Gasteiger partial charge < -0.3 is 5.32 Å². The average molecular weight is 180 g/mol. The van der Waals surface area contributed by atoms with Crippen molar-refractivity contribution < 1.29 is 9.63 Å². The zero-order chi connectivity index (χ0) is 9.68. The van der Waals surface area contributed by atoms with E-state index in [9.17, 15) is 4.79 Å². The van der Waals surface area contributed by atoms with E-state index >= 15 is 0 Å². The number of benzene rings is 1. The van der Waals surface area contributed by atoms with Gasteiger partial charge in [0, 0.05) is 5.69 Å². The van der Waals surface area contributed by atoms with Crippen LogP contribution in [0.2, 0.25) is 0 Å². The van der Waals surface area contributed by atoms with Crippen LogP contribution in [0.1, 0.15) is 5.56 Å². The van der Waals surface area contributed by atoms with E-state index < -0.39 is 0 Å². The van der Waals surface area contributed by atoms with Gasteiger partial charge in [0.05, 0.1) is 7.11 Å². The van der Waals surface area contributed by atoms with E-state index in [0.29, 0.717) is 0 Å². The molecule has 1 aromatic carbocycles. The van der Waals surface area contributed by atoms with Gasteiger partial charge in [0.25, 0.3) is 0 Å². The maximum absolute atomic E-state index is 11.0. The van der Waals surface area contributed by atoms with E-state index in [1.807, 2.05) is 31.2 Å². The third-order valence-electron chi connectivity index (χ3n) is 1.50. The predicted octanol–water partition coefficient (Wildman–Crippen LogP) is 1.68. The van der Waals surface area contributed by atoms with Gasteiger partial charge in [-0.25, -0.2) is 10.3 Å². The second-order valence-electron chi connectivity index (χ2n) is 2.63. The molecule has 2 amide bonds. The standard InChI is InChI=1S/C9H12N2O2/c1-7-3-5-8(6-4-7)10-9(12)11-13-2/h3-6H,1-2H3,(H2,10,11,12). The normalized spacial score (nSPS) is 9.38. The van der Waals surface area contributed by atoms with Crippen molar-refractivity contribution in [3.05, 3.63) is 29.8 Å². The third-order valence-corrected chi connectivity index (χ3v) is 1.50. The zero-order valence-corrected chi connectivity index (χ0v) is 7.63. The van der Waals surface area contributed by atoms with Crippen LogP contribution in [0.3, 0.4) is 0 Å². The summed E-state index contributed by atoms with van der Waals surface area (Å²) in [6, 6.07) is 7.10. The molecule has 0 aliphatic rings. The molecule has 70 valence electrons. The Labute approximate surface area is 76.9 Å². The van der Waals surface area contributed by atoms with Crippen molar-refractivity contribution in [2.75, 3.05) is 12.4 Å². The number of anilines is 1. The first-order chi connectivity index (χ1) is 6.22. The molecule has 2 N–H and O–H groups in total. The molecule has 1 aromatic rings. The van der Waals surface area contributed by atoms with Gasteiger partial charge >= 0.3 is 6.03 Å². The molecule has 0 atom stereocenters. The molecule has 13 heavy (non-hydrogen) atoms. The largest absolute Gasteiger partial charge is 0.343 e. The fraction of sp³-hybridized carbons (Fsp3) is 0.222. The highest BCUT2D eigenvalue weighted by Gasteiger charge is 1.98. The number of carbonyl (C=O) groups is 1. The van der Waals surface area contributed by atoms with E-state index in [2.05, 4.69) is 15.6 Å². The molecule has 0 heterocycles. The Bertz CT molecular complexity index is 282. The van der Waals surface area contributed by atoms with Crippen molar-refractivity contribution in [2.24, 2.45) is 0 Å². The first kappa shape index (κ1) is 9.54. The first-order valence-electron chi connectivity index (χ1n) is 3.89. The Kier molecular flexibility index (Phi) is 3.28. The van der Waals surface area contributed by atoms with Crippen LogP contribution in [0.4, 0.5) is 10.5 Å². The molecule has 0 saturated carbocycles. The van der Waals surface area contributed by atoms with Gasteiger partial charge in [-0.05, 0) is 19.1 Å². The fourth-order valence-electron chi connectivity index (χ4n) is 0.886. The number of rotatable bonds is 2. The minimum atomic E-state index is -0.383. The van der Waals surface area contributed by atoms with Gasteiger partial charge in [-0.15, -0.1) is 0 Å². The van der Waals surface area contributed by atoms with Crippen LogP contribution < -0.4 is 10.8 Å². The van der Waals surface area contributed by atoms with Crippen LogP contribution in [0, 0.1) is 6.92 Å². The molecule has 0 bridgehead atoms. The summed E-state index contributed by atoms with van der Waals surface area (Å²) >= 11 is 0. The smallest absolute Gasteiger partial charge is 0.306 e. The monoisotopic (exact) mass is 180 g/mol. The van der Waals surface area contributed by atoms with Crippen LogP contribution in [-0.2, 0) is 4.84 Å². The molecule has 4 nitrogen and oxygen atoms in total. The second-order valence-corrected chi connectivity index (χ2v) is 2.63. The molecule has 0 aromatic heterocycles. The summed E-state index contributed by atoms with van der Waals surface area (Å²) < 4.78 is 0. The highest BCUT2D eigenvalue weighted by atomic mass is 16.6. The summed E-state index contributed by atoms with van der Waals surface area (Å²) in [4.78, 5) is 15.4. The lowest BCUT2D eigenvalue weighted by Gasteiger charge is -2.04. The van der Waals surface area contributed by atoms with Crippen molar-refractivity contribution in [2.45, 2.75) is 6.92 Å². The first-order valence-corrected chi connectivity index (χ1v) is 3.89. The van der Waals surface area contributed by atoms with Crippen LogP contribution in [0.25, 0.3) is 0 Å². The molecule has 4 heteroatoms. The summed E-state index contributed by atoms with van der Waals surface area (Å²) in [6.07, 6.45) is 0. The molecular weight excluding hydrogens is 168 g/mol. The SMILES string of the molecule is CONC(=O)Nc1ccc(C)cc1. The van der Waals surface area contributed by atoms with Crippen LogP contribution in [0.15, 0.2) is 24.3 Å². The second kappa shape index (κ2) is 4.47. The number of hydrogen-bond donors (Lipinski definition) is 2. The molecule has 0 radical (unpaired) electrons. The number of carbonyl (C=O) groups excluding carboxylic acids is 1. The Hall–Kier alpha value is -1.55. The summed E-state index contributed by atoms with van der Waals surface area (Å²) in [5.74, 6) is 0. The summed E-state index contributed by atoms with van der Waals surface area (Å²) in [5, 5.41) is 2.60. The van der Waals surface area contributed by atoms with Crippen molar-refractivity contribution in [3.63, 3.8) is 0 Å². The topological polar surface area (TPSA) is 50.4 Å². The maximum Gasteiger partial charge on any atom is 0.343 e. The number of hydroxylamine groups is 1. The van der Waals surface area contributed by atoms with E-state index in [-0.39, 0.29) is 6.03 Å². The minimum Gasteiger partial charge on any atom is -0.306 e. The number of amides is 2. The van der Waals surface area contributed by atoms with Crippen LogP contribution in [-0.4, -0.2) is 13.1 Å². The van der Waals surface area contributed by atoms with Gasteiger partial charge in [0.2, 0.25) is 0 Å². The number of hydrogen-bond acceptors (Lipinski definition) is 2. The van der Waals surface area contributed by atoms with Gasteiger partial charge in [0.15, 0.2) is 0 Å². The lowest BCUT2D eigenvalue weighted by molar-refractivity contribution is 0.114. The molecule has 0 aliphatic carbocycles. The third kappa shape index (κ3) is 3.13. The maximum atomic E-state index is 11.0. The highest BCUT2D eigenvalue weighted by Crippen LogP contribution is 2.07. The van der Waals surface area contributed by atoms with E-state index in [4.69, 9.17) is 0 Å². The summed E-state index contributed by atoms with van der Waals surface area (Å²) in [6.45, 7) is 1.99. The number of nitrogens with one attached hydrogen (secondary N) is 2. The molecule has 0 spiro atoms. The number of aryl methyl sites for hydroxylation is 1. The molecule has 1 rings (SSSR count). The minimum absolute atomic E-state index is 0.383. The van der Waals surface area contributed by atoms with E-state index in [0.717, 1.165) is 11.3 Å². The lowest BCUT2D eigenvalue weighted by atomic mass is 10.2. The highest BCUT2D eigenvalue weighted by molar-refractivity contribution is 5.88. The Morgan fingerprint density at radius 3 is 2.46 bits per heavy atom. The van der Waals surface area contributed by atoms with Crippen molar-refractivity contribution in [1.82, 2.24) is 5.48 Å². The predicted molar refractivity (Wildman–Crippen MR) is 50.3 cm³/mol.